The van der Waals surface area contributed by atoms with E-state index >= 15 is 0 Å². The molecule has 1 atom stereocenters. The van der Waals surface area contributed by atoms with Crippen LogP contribution < -0.4 is 4.90 Å². The number of imide groups is 1. The Hall–Kier alpha value is -2.68. The summed E-state index contributed by atoms with van der Waals surface area (Å²) in [6.07, 6.45) is 6.53. The van der Waals surface area contributed by atoms with Gasteiger partial charge in [-0.05, 0) is 101 Å². The number of carbonyl (C=O) groups excluding carboxylic acids is 3. The molecule has 4 saturated carbocycles. The smallest absolute Gasteiger partial charge is 0.257 e. The van der Waals surface area contributed by atoms with E-state index < -0.39 is 11.6 Å². The molecule has 5 aliphatic rings. The second-order valence-electron chi connectivity index (χ2n) is 11.5. The van der Waals surface area contributed by atoms with Crippen LogP contribution in [0, 0.1) is 34.5 Å². The van der Waals surface area contributed by atoms with Gasteiger partial charge in [0.05, 0.1) is 29.2 Å². The van der Waals surface area contributed by atoms with Gasteiger partial charge in [-0.25, -0.2) is 4.90 Å². The molecule has 168 valence electrons. The molecule has 0 aromatic heterocycles. The number of anilines is 1. The van der Waals surface area contributed by atoms with Crippen LogP contribution in [0.2, 0.25) is 0 Å². The number of carbonyl (C=O) groups is 3. The van der Waals surface area contributed by atoms with E-state index in [9.17, 15) is 14.4 Å². The van der Waals surface area contributed by atoms with Crippen molar-refractivity contribution in [2.45, 2.75) is 77.3 Å². The van der Waals surface area contributed by atoms with Crippen LogP contribution in [0.15, 0.2) is 24.3 Å². The predicted octanol–water partition coefficient (Wildman–Crippen LogP) is 4.03. The Morgan fingerprint density at radius 1 is 1.03 bits per heavy atom. The maximum absolute atomic E-state index is 14.2. The summed E-state index contributed by atoms with van der Waals surface area (Å²) >= 11 is 0. The normalized spacial score (nSPS) is 33.5. The highest BCUT2D eigenvalue weighted by Crippen LogP contribution is 2.61. The van der Waals surface area contributed by atoms with Crippen LogP contribution in [0.1, 0.15) is 71.3 Å². The lowest BCUT2D eigenvalue weighted by Crippen LogP contribution is -2.62. The van der Waals surface area contributed by atoms with Gasteiger partial charge in [-0.15, -0.1) is 0 Å². The van der Waals surface area contributed by atoms with Gasteiger partial charge in [-0.1, -0.05) is 0 Å². The Morgan fingerprint density at radius 3 is 2.03 bits per heavy atom. The third-order valence-corrected chi connectivity index (χ3v) is 8.12. The minimum absolute atomic E-state index is 0.00815. The molecule has 1 saturated heterocycles. The van der Waals surface area contributed by atoms with E-state index in [2.05, 4.69) is 6.07 Å². The van der Waals surface area contributed by atoms with E-state index in [-0.39, 0.29) is 29.6 Å². The second kappa shape index (κ2) is 7.16. The van der Waals surface area contributed by atoms with E-state index in [0.29, 0.717) is 29.0 Å². The molecule has 32 heavy (non-hydrogen) atoms. The van der Waals surface area contributed by atoms with Crippen LogP contribution in [-0.4, -0.2) is 34.2 Å². The molecule has 4 aliphatic carbocycles. The lowest BCUT2D eigenvalue weighted by atomic mass is 9.49. The maximum Gasteiger partial charge on any atom is 0.257 e. The fourth-order valence-corrected chi connectivity index (χ4v) is 7.32. The summed E-state index contributed by atoms with van der Waals surface area (Å²) in [6, 6.07) is 7.72. The Balaban J connectivity index is 1.46. The summed E-state index contributed by atoms with van der Waals surface area (Å²) < 4.78 is 0. The Labute approximate surface area is 189 Å². The molecule has 6 nitrogen and oxygen atoms in total. The molecule has 6 rings (SSSR count). The highest BCUT2D eigenvalue weighted by Gasteiger charge is 2.58. The van der Waals surface area contributed by atoms with Crippen LogP contribution in [-0.2, 0) is 14.4 Å². The standard InChI is InChI=1S/C26H31N3O3/c1-25(2,3)29(24(32)26-12-17-8-18(13-26)10-19(9-17)14-26)21-11-22(30)28(23(21)31)20-6-4-16(15-27)5-7-20/h4-7,17-19,21H,8-14H2,1-3H3. The maximum atomic E-state index is 14.2. The second-order valence-corrected chi connectivity index (χ2v) is 11.5. The van der Waals surface area contributed by atoms with E-state index in [1.807, 2.05) is 20.8 Å². The number of nitrogens with zero attached hydrogens (tertiary/aromatic N) is 3. The average molecular weight is 434 g/mol. The topological polar surface area (TPSA) is 81.5 Å². The van der Waals surface area contributed by atoms with Gasteiger partial charge in [0.1, 0.15) is 6.04 Å². The number of rotatable bonds is 3. The van der Waals surface area contributed by atoms with Crippen molar-refractivity contribution in [2.24, 2.45) is 23.2 Å². The summed E-state index contributed by atoms with van der Waals surface area (Å²) in [6.45, 7) is 5.90. The summed E-state index contributed by atoms with van der Waals surface area (Å²) in [5, 5.41) is 9.04. The van der Waals surface area contributed by atoms with Crippen molar-refractivity contribution >= 4 is 23.4 Å². The summed E-state index contributed by atoms with van der Waals surface area (Å²) in [5.41, 5.74) is -0.00937. The molecule has 5 fully saturated rings. The van der Waals surface area contributed by atoms with E-state index in [4.69, 9.17) is 5.26 Å². The predicted molar refractivity (Wildman–Crippen MR) is 119 cm³/mol. The number of hydrogen-bond donors (Lipinski definition) is 0. The van der Waals surface area contributed by atoms with Crippen molar-refractivity contribution in [1.29, 1.82) is 5.26 Å². The van der Waals surface area contributed by atoms with Crippen LogP contribution >= 0.6 is 0 Å². The molecule has 0 radical (unpaired) electrons. The Bertz CT molecular complexity index is 979. The zero-order valence-electron chi connectivity index (χ0n) is 19.1. The molecule has 1 aromatic rings. The third-order valence-electron chi connectivity index (χ3n) is 8.12. The number of amides is 3. The zero-order chi connectivity index (χ0) is 22.8. The Morgan fingerprint density at radius 2 is 1.56 bits per heavy atom. The molecular weight excluding hydrogens is 402 g/mol. The molecular formula is C26H31N3O3. The van der Waals surface area contributed by atoms with Crippen molar-refractivity contribution in [1.82, 2.24) is 4.90 Å². The molecule has 6 heteroatoms. The lowest BCUT2D eigenvalue weighted by molar-refractivity contribution is -0.167. The van der Waals surface area contributed by atoms with Crippen molar-refractivity contribution < 1.29 is 14.4 Å². The van der Waals surface area contributed by atoms with E-state index in [0.717, 1.165) is 19.3 Å². The Kier molecular flexibility index (Phi) is 4.74. The first-order valence-electron chi connectivity index (χ1n) is 11.8. The summed E-state index contributed by atoms with van der Waals surface area (Å²) in [5.74, 6) is 1.33. The third kappa shape index (κ3) is 3.25. The minimum atomic E-state index is -0.779. The first-order chi connectivity index (χ1) is 15.1. The SMILES string of the molecule is CC(C)(C)N(C(=O)C12CC3CC(CC(C3)C1)C2)C1CC(=O)N(c2ccc(C#N)cc2)C1=O. The van der Waals surface area contributed by atoms with Gasteiger partial charge < -0.3 is 4.90 Å². The molecule has 1 aliphatic heterocycles. The quantitative estimate of drug-likeness (QED) is 0.674. The van der Waals surface area contributed by atoms with Gasteiger partial charge >= 0.3 is 0 Å². The van der Waals surface area contributed by atoms with Gasteiger partial charge in [0.25, 0.3) is 5.91 Å². The molecule has 3 amide bonds. The summed E-state index contributed by atoms with van der Waals surface area (Å²) in [4.78, 5) is 43.7. The van der Waals surface area contributed by atoms with Crippen molar-refractivity contribution in [3.05, 3.63) is 29.8 Å². The van der Waals surface area contributed by atoms with Gasteiger partial charge in [0, 0.05) is 5.54 Å². The highest BCUT2D eigenvalue weighted by molar-refractivity contribution is 6.23. The number of benzene rings is 1. The van der Waals surface area contributed by atoms with Crippen LogP contribution in [0.4, 0.5) is 5.69 Å². The largest absolute Gasteiger partial charge is 0.325 e. The molecule has 1 aromatic carbocycles. The average Bonchev–Trinajstić information content (AvgIpc) is 3.00. The lowest BCUT2D eigenvalue weighted by Gasteiger charge is -2.58. The van der Waals surface area contributed by atoms with Crippen LogP contribution in [0.5, 0.6) is 0 Å². The monoisotopic (exact) mass is 433 g/mol. The van der Waals surface area contributed by atoms with Crippen LogP contribution in [0.25, 0.3) is 0 Å². The molecule has 1 unspecified atom stereocenters. The highest BCUT2D eigenvalue weighted by atomic mass is 16.2. The van der Waals surface area contributed by atoms with Gasteiger partial charge in [-0.2, -0.15) is 5.26 Å². The van der Waals surface area contributed by atoms with Crippen molar-refractivity contribution in [2.75, 3.05) is 4.90 Å². The van der Waals surface area contributed by atoms with E-state index in [1.54, 1.807) is 29.2 Å². The number of hydrogen-bond acceptors (Lipinski definition) is 4. The number of nitriles is 1. The molecule has 1 heterocycles. The van der Waals surface area contributed by atoms with E-state index in [1.165, 1.54) is 24.2 Å². The fourth-order valence-electron chi connectivity index (χ4n) is 7.32. The molecule has 4 bridgehead atoms. The first-order valence-corrected chi connectivity index (χ1v) is 11.8. The van der Waals surface area contributed by atoms with Gasteiger partial charge in [0.2, 0.25) is 11.8 Å². The fraction of sp³-hybridized carbons (Fsp3) is 0.615. The van der Waals surface area contributed by atoms with Gasteiger partial charge in [-0.3, -0.25) is 14.4 Å². The summed E-state index contributed by atoms with van der Waals surface area (Å²) in [7, 11) is 0. The molecule has 0 spiro atoms. The van der Waals surface area contributed by atoms with Crippen LogP contribution in [0.3, 0.4) is 0 Å². The van der Waals surface area contributed by atoms with Gasteiger partial charge in [0.15, 0.2) is 0 Å². The van der Waals surface area contributed by atoms with Crippen molar-refractivity contribution in [3.63, 3.8) is 0 Å². The minimum Gasteiger partial charge on any atom is -0.325 e. The first kappa shape index (κ1) is 21.2. The molecule has 0 N–H and O–H groups in total. The zero-order valence-corrected chi connectivity index (χ0v) is 19.1. The van der Waals surface area contributed by atoms with Crippen molar-refractivity contribution in [3.8, 4) is 6.07 Å².